The molecule has 2 aromatic carbocycles. The number of nitrogens with zero attached hydrogens (tertiary/aromatic N) is 7. The molecule has 3 saturated heterocycles. The monoisotopic (exact) mass is 637 g/mol. The number of aryl methyl sites for hydroxylation is 1. The second kappa shape index (κ2) is 13.5. The van der Waals surface area contributed by atoms with Gasteiger partial charge in [-0.25, -0.2) is 9.37 Å². The lowest BCUT2D eigenvalue weighted by Gasteiger charge is -2.39. The average Bonchev–Trinajstić information content (AvgIpc) is 3.49. The van der Waals surface area contributed by atoms with Crippen LogP contribution >= 0.6 is 0 Å². The van der Waals surface area contributed by atoms with Crippen molar-refractivity contribution in [1.29, 1.82) is 5.26 Å². The molecule has 0 bridgehead atoms. The van der Waals surface area contributed by atoms with E-state index >= 15 is 0 Å². The number of ether oxygens (including phenoxy) is 1. The summed E-state index contributed by atoms with van der Waals surface area (Å²) >= 11 is 0. The number of amides is 1. The summed E-state index contributed by atoms with van der Waals surface area (Å²) in [5.74, 6) is 0.394. The van der Waals surface area contributed by atoms with E-state index < -0.39 is 6.17 Å². The fourth-order valence-electron chi connectivity index (χ4n) is 7.64. The third-order valence-corrected chi connectivity index (χ3v) is 10.4. The largest absolute Gasteiger partial charge is 0.475 e. The van der Waals surface area contributed by atoms with E-state index in [1.165, 1.54) is 22.0 Å². The van der Waals surface area contributed by atoms with Gasteiger partial charge in [0.05, 0.1) is 17.9 Å². The number of piperazine rings is 1. The summed E-state index contributed by atoms with van der Waals surface area (Å²) in [5, 5.41) is 13.0. The third kappa shape index (κ3) is 6.39. The number of anilines is 2. The Bertz CT molecular complexity index is 1700. The molecule has 9 nitrogen and oxygen atoms in total. The van der Waals surface area contributed by atoms with Crippen LogP contribution in [0.3, 0.4) is 0 Å². The molecule has 3 aromatic rings. The Kier molecular flexibility index (Phi) is 9.02. The summed E-state index contributed by atoms with van der Waals surface area (Å²) in [4.78, 5) is 28.9. The highest BCUT2D eigenvalue weighted by molar-refractivity contribution is 5.97. The van der Waals surface area contributed by atoms with E-state index in [1.54, 1.807) is 6.08 Å². The summed E-state index contributed by atoms with van der Waals surface area (Å²) in [5.41, 5.74) is 5.93. The van der Waals surface area contributed by atoms with Gasteiger partial charge in [-0.2, -0.15) is 5.26 Å². The maximum atomic E-state index is 13.1. The van der Waals surface area contributed by atoms with Gasteiger partial charge < -0.3 is 24.3 Å². The Morgan fingerprint density at radius 2 is 1.87 bits per heavy atom. The maximum Gasteiger partial charge on any atom is 0.246 e. The van der Waals surface area contributed by atoms with Crippen LogP contribution < -0.4 is 14.5 Å². The van der Waals surface area contributed by atoms with Crippen molar-refractivity contribution >= 4 is 28.1 Å². The van der Waals surface area contributed by atoms with Crippen LogP contribution in [0.5, 0.6) is 5.88 Å². The number of benzene rings is 2. The molecular formula is C37H44FN7O2. The lowest BCUT2D eigenvalue weighted by Crippen LogP contribution is -2.49. The zero-order valence-corrected chi connectivity index (χ0v) is 27.5. The average molecular weight is 638 g/mol. The van der Waals surface area contributed by atoms with Gasteiger partial charge in [0.25, 0.3) is 0 Å². The van der Waals surface area contributed by atoms with Crippen LogP contribution in [0.2, 0.25) is 0 Å². The number of pyridine rings is 1. The van der Waals surface area contributed by atoms with Gasteiger partial charge in [-0.05, 0) is 56.8 Å². The van der Waals surface area contributed by atoms with Crippen molar-refractivity contribution in [3.63, 3.8) is 0 Å². The highest BCUT2D eigenvalue weighted by Crippen LogP contribution is 2.39. The molecule has 0 N–H and O–H groups in total. The molecular weight excluding hydrogens is 593 g/mol. The zero-order chi connectivity index (χ0) is 32.5. The first kappa shape index (κ1) is 31.4. The lowest BCUT2D eigenvalue weighted by atomic mass is 9.96. The molecule has 1 amide bonds. The number of hydrogen-bond donors (Lipinski definition) is 0. The first-order chi connectivity index (χ1) is 22.9. The van der Waals surface area contributed by atoms with Gasteiger partial charge in [0, 0.05) is 81.1 Å². The van der Waals surface area contributed by atoms with Crippen LogP contribution in [0.25, 0.3) is 10.8 Å². The number of halogens is 1. The van der Waals surface area contributed by atoms with Gasteiger partial charge in [-0.15, -0.1) is 0 Å². The fraction of sp³-hybridized carbons (Fsp3) is 0.486. The molecule has 0 aliphatic carbocycles. The van der Waals surface area contributed by atoms with E-state index in [9.17, 15) is 14.4 Å². The minimum atomic E-state index is -0.745. The Balaban J connectivity index is 1.15. The molecule has 246 valence electrons. The van der Waals surface area contributed by atoms with Crippen molar-refractivity contribution in [3.05, 3.63) is 70.9 Å². The second-order valence-corrected chi connectivity index (χ2v) is 13.4. The number of likely N-dealkylation sites (tertiary alicyclic amines) is 2. The Labute approximate surface area is 276 Å². The molecule has 0 unspecified atom stereocenters. The Hall–Kier alpha value is -4.20. The van der Waals surface area contributed by atoms with Crippen LogP contribution in [0.4, 0.5) is 15.8 Å². The predicted octanol–water partition coefficient (Wildman–Crippen LogP) is 4.31. The number of rotatable bonds is 8. The molecule has 4 aliphatic heterocycles. The SMILES string of the molecule is Cc1cccc2cccc(N3CCc4c(nc(OC[C@@H]5CCCN5C)c(C#N)c4N4CCN(C(=O)/C=C/CN5CC(F)C5)CC4)C3)c12. The molecule has 1 aromatic heterocycles. The van der Waals surface area contributed by atoms with Gasteiger partial charge in [0.1, 0.15) is 24.4 Å². The molecule has 47 heavy (non-hydrogen) atoms. The molecule has 0 spiro atoms. The van der Waals surface area contributed by atoms with Crippen LogP contribution in [0.15, 0.2) is 48.6 Å². The second-order valence-electron chi connectivity index (χ2n) is 13.4. The first-order valence-corrected chi connectivity index (χ1v) is 17.0. The topological polar surface area (TPSA) is 79.2 Å². The molecule has 0 saturated carbocycles. The number of fused-ring (bicyclic) bond motifs is 2. The number of nitriles is 1. The molecule has 1 atom stereocenters. The highest BCUT2D eigenvalue weighted by Gasteiger charge is 2.32. The van der Waals surface area contributed by atoms with Crippen molar-refractivity contribution in [2.45, 2.75) is 44.9 Å². The van der Waals surface area contributed by atoms with Gasteiger partial charge in [0.2, 0.25) is 11.8 Å². The summed E-state index contributed by atoms with van der Waals surface area (Å²) in [6, 6.07) is 15.7. The van der Waals surface area contributed by atoms with Crippen molar-refractivity contribution < 1.29 is 13.9 Å². The van der Waals surface area contributed by atoms with Crippen LogP contribution in [-0.4, -0.2) is 110 Å². The normalized spacial score (nSPS) is 20.9. The smallest absolute Gasteiger partial charge is 0.246 e. The molecule has 0 radical (unpaired) electrons. The zero-order valence-electron chi connectivity index (χ0n) is 27.5. The number of carbonyl (C=O) groups excluding carboxylic acids is 1. The molecule has 7 rings (SSSR count). The van der Waals surface area contributed by atoms with Gasteiger partial charge in [0.15, 0.2) is 0 Å². The van der Waals surface area contributed by atoms with E-state index in [2.05, 4.69) is 71.1 Å². The number of likely N-dealkylation sites (N-methyl/N-ethyl adjacent to an activating group) is 1. The Morgan fingerprint density at radius 3 is 2.60 bits per heavy atom. The van der Waals surface area contributed by atoms with Crippen molar-refractivity contribution in [3.8, 4) is 11.9 Å². The third-order valence-electron chi connectivity index (χ3n) is 10.4. The van der Waals surface area contributed by atoms with Gasteiger partial charge >= 0.3 is 0 Å². The maximum absolute atomic E-state index is 13.1. The summed E-state index contributed by atoms with van der Waals surface area (Å²) < 4.78 is 19.6. The summed E-state index contributed by atoms with van der Waals surface area (Å²) in [7, 11) is 2.13. The number of hydrogen-bond acceptors (Lipinski definition) is 8. The number of alkyl halides is 1. The summed E-state index contributed by atoms with van der Waals surface area (Å²) in [6.07, 6.45) is 5.69. The lowest BCUT2D eigenvalue weighted by molar-refractivity contribution is -0.126. The standard InChI is InChI=1S/C37H44FN7O2/c1-26-7-3-8-27-9-4-11-33(35(26)27)45-16-13-30-32(24-45)40-37(47-25-29-10-5-14-41(29)2)31(21-39)36(30)44-19-17-43(18-20-44)34(46)12-6-15-42-22-28(38)23-42/h3-4,6-9,11-12,28-29H,5,10,13-20,22-25H2,1-2H3/b12-6+/t29-/m0/s1. The highest BCUT2D eigenvalue weighted by atomic mass is 19.1. The van der Waals surface area contributed by atoms with Crippen molar-refractivity contribution in [1.82, 2.24) is 19.7 Å². The predicted molar refractivity (Wildman–Crippen MR) is 183 cm³/mol. The molecule has 5 heterocycles. The van der Waals surface area contributed by atoms with Crippen molar-refractivity contribution in [2.75, 3.05) is 82.4 Å². The molecule has 3 fully saturated rings. The minimum absolute atomic E-state index is 0.0232. The van der Waals surface area contributed by atoms with E-state index in [0.29, 0.717) is 76.5 Å². The minimum Gasteiger partial charge on any atom is -0.475 e. The number of aromatic nitrogens is 1. The fourth-order valence-corrected chi connectivity index (χ4v) is 7.64. The quantitative estimate of drug-likeness (QED) is 0.339. The van der Waals surface area contributed by atoms with E-state index in [-0.39, 0.29) is 5.91 Å². The number of carbonyl (C=O) groups is 1. The van der Waals surface area contributed by atoms with Crippen LogP contribution in [-0.2, 0) is 17.8 Å². The Morgan fingerprint density at radius 1 is 1.09 bits per heavy atom. The van der Waals surface area contributed by atoms with Crippen molar-refractivity contribution in [2.24, 2.45) is 0 Å². The van der Waals surface area contributed by atoms with Crippen LogP contribution in [0.1, 0.15) is 35.2 Å². The van der Waals surface area contributed by atoms with Gasteiger partial charge in [-0.3, -0.25) is 9.69 Å². The summed E-state index contributed by atoms with van der Waals surface area (Å²) in [6.45, 7) is 9.01. The first-order valence-electron chi connectivity index (χ1n) is 17.0. The van der Waals surface area contributed by atoms with E-state index in [0.717, 1.165) is 49.3 Å². The van der Waals surface area contributed by atoms with Gasteiger partial charge in [-0.1, -0.05) is 36.4 Å². The van der Waals surface area contributed by atoms with Crippen LogP contribution in [0, 0.1) is 18.3 Å². The van der Waals surface area contributed by atoms with E-state index in [1.807, 2.05) is 15.9 Å². The molecule has 10 heteroatoms. The van der Waals surface area contributed by atoms with E-state index in [4.69, 9.17) is 9.72 Å². The molecule has 4 aliphatic rings.